The minimum atomic E-state index is -0.757. The summed E-state index contributed by atoms with van der Waals surface area (Å²) in [5.41, 5.74) is 0. The van der Waals surface area contributed by atoms with Gasteiger partial charge in [-0.25, -0.2) is 4.79 Å². The molecule has 0 saturated heterocycles. The van der Waals surface area contributed by atoms with Gasteiger partial charge in [-0.05, 0) is 32.1 Å². The minimum Gasteiger partial charge on any atom is -0.481 e. The van der Waals surface area contributed by atoms with Crippen LogP contribution in [0.4, 0.5) is 4.79 Å². The predicted molar refractivity (Wildman–Crippen MR) is 76.1 cm³/mol. The number of rotatable bonds is 9. The molecule has 0 aromatic rings. The maximum absolute atomic E-state index is 11.5. The van der Waals surface area contributed by atoms with Crippen molar-refractivity contribution < 1.29 is 14.7 Å². The quantitative estimate of drug-likeness (QED) is 0.603. The van der Waals surface area contributed by atoms with Gasteiger partial charge in [0.2, 0.25) is 0 Å². The minimum absolute atomic E-state index is 0.0695. The van der Waals surface area contributed by atoms with Crippen molar-refractivity contribution in [3.63, 3.8) is 0 Å². The summed E-state index contributed by atoms with van der Waals surface area (Å²) in [5, 5.41) is 14.4. The van der Waals surface area contributed by atoms with Crippen molar-refractivity contribution in [2.75, 3.05) is 6.54 Å². The molecule has 2 atom stereocenters. The zero-order chi connectivity index (χ0) is 14.8. The van der Waals surface area contributed by atoms with Crippen LogP contribution in [0.1, 0.15) is 53.4 Å². The molecule has 0 aromatic carbocycles. The summed E-state index contributed by atoms with van der Waals surface area (Å²) in [7, 11) is 0. The molecule has 0 aliphatic rings. The van der Waals surface area contributed by atoms with Crippen LogP contribution in [0.3, 0.4) is 0 Å². The molecule has 0 aromatic heterocycles. The molecule has 0 aliphatic carbocycles. The fourth-order valence-corrected chi connectivity index (χ4v) is 1.68. The van der Waals surface area contributed by atoms with E-state index >= 15 is 0 Å². The van der Waals surface area contributed by atoms with Gasteiger partial charge in [0.25, 0.3) is 0 Å². The second-order valence-corrected chi connectivity index (χ2v) is 5.65. The highest BCUT2D eigenvalue weighted by atomic mass is 16.4. The van der Waals surface area contributed by atoms with Gasteiger partial charge in [0.1, 0.15) is 0 Å². The third-order valence-corrected chi connectivity index (χ3v) is 3.08. The van der Waals surface area contributed by atoms with Crippen molar-refractivity contribution in [2.24, 2.45) is 11.8 Å². The normalized spacial score (nSPS) is 13.9. The lowest BCUT2D eigenvalue weighted by atomic mass is 10.0. The fraction of sp³-hybridized carbons (Fsp3) is 0.857. The number of aliphatic carboxylic acids is 1. The summed E-state index contributed by atoms with van der Waals surface area (Å²) in [6, 6.07) is -0.0699. The molecule has 0 rings (SSSR count). The molecule has 5 nitrogen and oxygen atoms in total. The summed E-state index contributed by atoms with van der Waals surface area (Å²) in [6.07, 6.45) is 3.23. The Bertz CT molecular complexity index is 280. The Hall–Kier alpha value is -1.26. The Morgan fingerprint density at radius 1 is 1.05 bits per heavy atom. The number of hydrogen-bond donors (Lipinski definition) is 3. The Balaban J connectivity index is 3.65. The Labute approximate surface area is 116 Å². The van der Waals surface area contributed by atoms with E-state index in [4.69, 9.17) is 5.11 Å². The number of urea groups is 1. The van der Waals surface area contributed by atoms with E-state index in [2.05, 4.69) is 24.5 Å². The highest BCUT2D eigenvalue weighted by molar-refractivity contribution is 5.74. The largest absolute Gasteiger partial charge is 0.481 e. The Kier molecular flexibility index (Phi) is 9.00. The first kappa shape index (κ1) is 17.7. The summed E-state index contributed by atoms with van der Waals surface area (Å²) in [5.74, 6) is -0.491. The van der Waals surface area contributed by atoms with Gasteiger partial charge in [0.15, 0.2) is 0 Å². The number of hydrogen-bond acceptors (Lipinski definition) is 2. The molecule has 0 aliphatic heterocycles. The molecule has 19 heavy (non-hydrogen) atoms. The standard InChI is InChI=1S/C14H28N2O3/c1-10(2)8-9-15-14(19)16-12(4)7-5-6-11(3)13(17)18/h10-12H,5-9H2,1-4H3,(H,17,18)(H2,15,16,19). The van der Waals surface area contributed by atoms with Crippen LogP contribution in [0.2, 0.25) is 0 Å². The van der Waals surface area contributed by atoms with Crippen LogP contribution in [0, 0.1) is 11.8 Å². The third-order valence-electron chi connectivity index (χ3n) is 3.08. The fourth-order valence-electron chi connectivity index (χ4n) is 1.68. The summed E-state index contributed by atoms with van der Waals surface area (Å²) in [4.78, 5) is 22.2. The van der Waals surface area contributed by atoms with Gasteiger partial charge in [-0.15, -0.1) is 0 Å². The average Bonchev–Trinajstić information content (AvgIpc) is 2.27. The van der Waals surface area contributed by atoms with E-state index in [-0.39, 0.29) is 18.0 Å². The van der Waals surface area contributed by atoms with E-state index in [1.165, 1.54) is 0 Å². The molecular weight excluding hydrogens is 244 g/mol. The van der Waals surface area contributed by atoms with E-state index in [9.17, 15) is 9.59 Å². The van der Waals surface area contributed by atoms with E-state index in [0.29, 0.717) is 18.9 Å². The van der Waals surface area contributed by atoms with E-state index in [1.54, 1.807) is 6.92 Å². The number of carboxylic acids is 1. The third kappa shape index (κ3) is 10.4. The molecule has 3 N–H and O–H groups in total. The van der Waals surface area contributed by atoms with E-state index in [0.717, 1.165) is 19.3 Å². The van der Waals surface area contributed by atoms with Crippen molar-refractivity contribution in [3.8, 4) is 0 Å². The number of nitrogens with one attached hydrogen (secondary N) is 2. The van der Waals surface area contributed by atoms with Gasteiger partial charge in [0.05, 0.1) is 5.92 Å². The topological polar surface area (TPSA) is 78.4 Å². The number of carboxylic acid groups (broad SMARTS) is 1. The van der Waals surface area contributed by atoms with Gasteiger partial charge in [-0.3, -0.25) is 4.79 Å². The van der Waals surface area contributed by atoms with Crippen molar-refractivity contribution in [1.82, 2.24) is 10.6 Å². The van der Waals surface area contributed by atoms with Gasteiger partial charge in [0, 0.05) is 12.6 Å². The highest BCUT2D eigenvalue weighted by Gasteiger charge is 2.12. The predicted octanol–water partition coefficient (Wildman–Crippen LogP) is 2.61. The van der Waals surface area contributed by atoms with Crippen LogP contribution in [-0.4, -0.2) is 29.7 Å². The summed E-state index contributed by atoms with van der Waals surface area (Å²) in [6.45, 7) is 8.57. The van der Waals surface area contributed by atoms with Crippen LogP contribution in [0.5, 0.6) is 0 Å². The molecule has 112 valence electrons. The van der Waals surface area contributed by atoms with Crippen molar-refractivity contribution in [1.29, 1.82) is 0 Å². The Morgan fingerprint density at radius 2 is 1.68 bits per heavy atom. The maximum atomic E-state index is 11.5. The van der Waals surface area contributed by atoms with Crippen molar-refractivity contribution >= 4 is 12.0 Å². The van der Waals surface area contributed by atoms with Gasteiger partial charge < -0.3 is 15.7 Å². The van der Waals surface area contributed by atoms with Crippen molar-refractivity contribution in [2.45, 2.75) is 59.4 Å². The lowest BCUT2D eigenvalue weighted by molar-refractivity contribution is -0.141. The molecule has 5 heteroatoms. The summed E-state index contributed by atoms with van der Waals surface area (Å²) >= 11 is 0. The average molecular weight is 272 g/mol. The zero-order valence-corrected chi connectivity index (χ0v) is 12.5. The molecule has 2 amide bonds. The monoisotopic (exact) mass is 272 g/mol. The molecule has 0 heterocycles. The van der Waals surface area contributed by atoms with E-state index in [1.807, 2.05) is 6.92 Å². The molecule has 0 saturated carbocycles. The molecule has 2 unspecified atom stereocenters. The van der Waals surface area contributed by atoms with Gasteiger partial charge >= 0.3 is 12.0 Å². The van der Waals surface area contributed by atoms with Crippen LogP contribution >= 0.6 is 0 Å². The SMILES string of the molecule is CC(C)CCNC(=O)NC(C)CCCC(C)C(=O)O. The number of carbonyl (C=O) groups is 2. The molecule has 0 spiro atoms. The summed E-state index contributed by atoms with van der Waals surface area (Å²) < 4.78 is 0. The first-order valence-electron chi connectivity index (χ1n) is 7.10. The Morgan fingerprint density at radius 3 is 2.21 bits per heavy atom. The number of carbonyl (C=O) groups excluding carboxylic acids is 1. The van der Waals surface area contributed by atoms with Crippen LogP contribution in [0.25, 0.3) is 0 Å². The number of amides is 2. The zero-order valence-electron chi connectivity index (χ0n) is 12.5. The second kappa shape index (κ2) is 9.64. The lowest BCUT2D eigenvalue weighted by Crippen LogP contribution is -2.41. The second-order valence-electron chi connectivity index (χ2n) is 5.65. The first-order chi connectivity index (χ1) is 8.82. The van der Waals surface area contributed by atoms with Gasteiger partial charge in [-0.2, -0.15) is 0 Å². The smallest absolute Gasteiger partial charge is 0.314 e. The first-order valence-corrected chi connectivity index (χ1v) is 7.10. The molecule has 0 fully saturated rings. The van der Waals surface area contributed by atoms with Crippen molar-refractivity contribution in [3.05, 3.63) is 0 Å². The lowest BCUT2D eigenvalue weighted by Gasteiger charge is -2.15. The molecule has 0 bridgehead atoms. The molecular formula is C14H28N2O3. The van der Waals surface area contributed by atoms with Crippen LogP contribution in [-0.2, 0) is 4.79 Å². The van der Waals surface area contributed by atoms with Crippen LogP contribution < -0.4 is 10.6 Å². The molecule has 0 radical (unpaired) electrons. The highest BCUT2D eigenvalue weighted by Crippen LogP contribution is 2.09. The van der Waals surface area contributed by atoms with Crippen LogP contribution in [0.15, 0.2) is 0 Å². The maximum Gasteiger partial charge on any atom is 0.314 e. The van der Waals surface area contributed by atoms with E-state index < -0.39 is 5.97 Å². The van der Waals surface area contributed by atoms with Gasteiger partial charge in [-0.1, -0.05) is 27.2 Å².